The molecule has 1 atom stereocenters. The predicted octanol–water partition coefficient (Wildman–Crippen LogP) is 3.14. The van der Waals surface area contributed by atoms with E-state index >= 15 is 0 Å². The van der Waals surface area contributed by atoms with Crippen molar-refractivity contribution in [2.24, 2.45) is 0 Å². The van der Waals surface area contributed by atoms with Crippen molar-refractivity contribution >= 4 is 39.1 Å². The summed E-state index contributed by atoms with van der Waals surface area (Å²) in [4.78, 5) is 24.5. The van der Waals surface area contributed by atoms with Gasteiger partial charge in [0.1, 0.15) is 0 Å². The van der Waals surface area contributed by atoms with Gasteiger partial charge < -0.3 is 14.5 Å². The van der Waals surface area contributed by atoms with Crippen molar-refractivity contribution in [3.63, 3.8) is 0 Å². The maximum atomic E-state index is 12.2. The lowest BCUT2D eigenvalue weighted by Gasteiger charge is -2.16. The molecule has 5 nitrogen and oxygen atoms in total. The van der Waals surface area contributed by atoms with Crippen LogP contribution in [0.3, 0.4) is 0 Å². The normalized spacial score (nSPS) is 11.9. The Kier molecular flexibility index (Phi) is 4.97. The molecule has 1 amide bonds. The Balaban J connectivity index is 2.14. The van der Waals surface area contributed by atoms with Crippen LogP contribution in [0.15, 0.2) is 38.9 Å². The first kappa shape index (κ1) is 14.8. The number of ether oxygens (including phenoxy) is 1. The van der Waals surface area contributed by atoms with E-state index in [2.05, 4.69) is 26.0 Å². The largest absolute Gasteiger partial charge is 0.469 e. The van der Waals surface area contributed by atoms with Crippen molar-refractivity contribution in [1.29, 1.82) is 0 Å². The number of rotatable bonds is 5. The minimum atomic E-state index is -0.420. The van der Waals surface area contributed by atoms with Gasteiger partial charge in [0, 0.05) is 4.88 Å². The van der Waals surface area contributed by atoms with Gasteiger partial charge in [0.05, 0.1) is 31.4 Å². The number of esters is 1. The van der Waals surface area contributed by atoms with Gasteiger partial charge in [0.15, 0.2) is 4.67 Å². The molecule has 0 aliphatic carbocycles. The average molecular weight is 358 g/mol. The topological polar surface area (TPSA) is 68.5 Å². The highest BCUT2D eigenvalue weighted by atomic mass is 79.9. The van der Waals surface area contributed by atoms with Gasteiger partial charge in [-0.05, 0) is 33.4 Å². The third-order valence-electron chi connectivity index (χ3n) is 2.65. The maximum Gasteiger partial charge on any atom is 0.307 e. The molecule has 2 heterocycles. The van der Waals surface area contributed by atoms with Crippen molar-refractivity contribution in [1.82, 2.24) is 5.32 Å². The first-order chi connectivity index (χ1) is 9.61. The molecule has 106 valence electrons. The van der Waals surface area contributed by atoms with Crippen LogP contribution in [0.2, 0.25) is 0 Å². The summed E-state index contributed by atoms with van der Waals surface area (Å²) in [5.74, 6) is -0.692. The van der Waals surface area contributed by atoms with Gasteiger partial charge >= 0.3 is 5.97 Å². The summed E-state index contributed by atoms with van der Waals surface area (Å²) in [5.41, 5.74) is 0.386. The smallest absolute Gasteiger partial charge is 0.307 e. The number of methoxy groups -OCH3 is 1. The number of hydrogen-bond acceptors (Lipinski definition) is 5. The number of halogens is 1. The number of nitrogens with one attached hydrogen (secondary N) is 1. The molecule has 2 aromatic heterocycles. The molecular weight excluding hydrogens is 346 g/mol. The molecule has 0 saturated heterocycles. The molecule has 0 fully saturated rings. The fourth-order valence-electron chi connectivity index (χ4n) is 1.65. The van der Waals surface area contributed by atoms with Gasteiger partial charge in [-0.2, -0.15) is 0 Å². The van der Waals surface area contributed by atoms with Crippen LogP contribution in [0.1, 0.15) is 27.7 Å². The van der Waals surface area contributed by atoms with E-state index in [-0.39, 0.29) is 18.3 Å². The number of furan rings is 1. The van der Waals surface area contributed by atoms with Gasteiger partial charge in [0.25, 0.3) is 5.91 Å². The van der Waals surface area contributed by atoms with Crippen LogP contribution >= 0.6 is 27.3 Å². The zero-order valence-corrected chi connectivity index (χ0v) is 13.0. The molecule has 0 aliphatic rings. The lowest BCUT2D eigenvalue weighted by molar-refractivity contribution is -0.141. The maximum absolute atomic E-state index is 12.2. The first-order valence-corrected chi connectivity index (χ1v) is 7.43. The standard InChI is InChI=1S/C13H12BrNO4S/c1-18-11(16)7-9(10-3-2-6-20-10)15-13(17)8-4-5-19-12(8)14/h2-6,9H,7H2,1H3,(H,15,17). The van der Waals surface area contributed by atoms with Crippen LogP contribution in [0.4, 0.5) is 0 Å². The molecule has 0 bridgehead atoms. The Morgan fingerprint density at radius 3 is 2.85 bits per heavy atom. The number of thiophene rings is 1. The van der Waals surface area contributed by atoms with Crippen molar-refractivity contribution in [2.45, 2.75) is 12.5 Å². The molecule has 7 heteroatoms. The highest BCUT2D eigenvalue weighted by Gasteiger charge is 2.22. The summed E-state index contributed by atoms with van der Waals surface area (Å²) in [7, 11) is 1.32. The van der Waals surface area contributed by atoms with Crippen LogP contribution in [-0.2, 0) is 9.53 Å². The van der Waals surface area contributed by atoms with Crippen LogP contribution in [0.5, 0.6) is 0 Å². The lowest BCUT2D eigenvalue weighted by Crippen LogP contribution is -2.29. The van der Waals surface area contributed by atoms with E-state index < -0.39 is 6.04 Å². The summed E-state index contributed by atoms with van der Waals surface area (Å²) in [5, 5.41) is 4.70. The van der Waals surface area contributed by atoms with Gasteiger partial charge in [-0.15, -0.1) is 11.3 Å². The van der Waals surface area contributed by atoms with E-state index in [9.17, 15) is 9.59 Å². The number of carbonyl (C=O) groups excluding carboxylic acids is 2. The second-order valence-electron chi connectivity index (χ2n) is 3.93. The monoisotopic (exact) mass is 357 g/mol. The Bertz CT molecular complexity index is 593. The number of carbonyl (C=O) groups is 2. The summed E-state index contributed by atoms with van der Waals surface area (Å²) in [6, 6.07) is 4.87. The third kappa shape index (κ3) is 3.49. The molecule has 0 aromatic carbocycles. The highest BCUT2D eigenvalue weighted by Crippen LogP contribution is 2.24. The first-order valence-electron chi connectivity index (χ1n) is 5.76. The van der Waals surface area contributed by atoms with Crippen LogP contribution < -0.4 is 5.32 Å². The zero-order valence-electron chi connectivity index (χ0n) is 10.6. The average Bonchev–Trinajstić information content (AvgIpc) is 3.08. The SMILES string of the molecule is COC(=O)CC(NC(=O)c1ccoc1Br)c1cccs1. The van der Waals surface area contributed by atoms with E-state index in [1.165, 1.54) is 24.7 Å². The molecule has 0 saturated carbocycles. The molecule has 0 radical (unpaired) electrons. The molecule has 20 heavy (non-hydrogen) atoms. The van der Waals surface area contributed by atoms with Crippen LogP contribution in [0.25, 0.3) is 0 Å². The van der Waals surface area contributed by atoms with E-state index in [1.54, 1.807) is 6.07 Å². The predicted molar refractivity (Wildman–Crippen MR) is 77.6 cm³/mol. The summed E-state index contributed by atoms with van der Waals surface area (Å²) in [6.07, 6.45) is 1.50. The minimum absolute atomic E-state index is 0.0816. The van der Waals surface area contributed by atoms with Crippen molar-refractivity contribution < 1.29 is 18.7 Å². The Morgan fingerprint density at radius 1 is 1.50 bits per heavy atom. The van der Waals surface area contributed by atoms with Crippen LogP contribution in [-0.4, -0.2) is 19.0 Å². The summed E-state index contributed by atoms with van der Waals surface area (Å²) < 4.78 is 10.0. The summed E-state index contributed by atoms with van der Waals surface area (Å²) >= 11 is 4.62. The zero-order chi connectivity index (χ0) is 14.5. The van der Waals surface area contributed by atoms with Gasteiger partial charge in [0.2, 0.25) is 0 Å². The van der Waals surface area contributed by atoms with E-state index in [0.717, 1.165) is 4.88 Å². The van der Waals surface area contributed by atoms with E-state index in [4.69, 9.17) is 4.42 Å². The Morgan fingerprint density at radius 2 is 2.30 bits per heavy atom. The number of hydrogen-bond donors (Lipinski definition) is 1. The van der Waals surface area contributed by atoms with Crippen molar-refractivity contribution in [3.8, 4) is 0 Å². The minimum Gasteiger partial charge on any atom is -0.469 e. The Labute approximate surface area is 128 Å². The lowest BCUT2D eigenvalue weighted by atomic mass is 10.1. The van der Waals surface area contributed by atoms with E-state index in [1.807, 2.05) is 17.5 Å². The summed E-state index contributed by atoms with van der Waals surface area (Å²) in [6.45, 7) is 0. The molecule has 0 aliphatic heterocycles. The van der Waals surface area contributed by atoms with Gasteiger partial charge in [-0.3, -0.25) is 9.59 Å². The van der Waals surface area contributed by atoms with Crippen LogP contribution in [0, 0.1) is 0 Å². The number of amides is 1. The quantitative estimate of drug-likeness (QED) is 0.834. The van der Waals surface area contributed by atoms with Crippen molar-refractivity contribution in [2.75, 3.05) is 7.11 Å². The molecular formula is C13H12BrNO4S. The molecule has 1 N–H and O–H groups in total. The molecule has 1 unspecified atom stereocenters. The fraction of sp³-hybridized carbons (Fsp3) is 0.231. The second kappa shape index (κ2) is 6.71. The third-order valence-corrected chi connectivity index (χ3v) is 4.25. The second-order valence-corrected chi connectivity index (χ2v) is 5.63. The fourth-order valence-corrected chi connectivity index (χ4v) is 2.85. The van der Waals surface area contributed by atoms with Gasteiger partial charge in [-0.1, -0.05) is 6.07 Å². The highest BCUT2D eigenvalue weighted by molar-refractivity contribution is 9.10. The molecule has 2 rings (SSSR count). The van der Waals surface area contributed by atoms with E-state index in [0.29, 0.717) is 10.2 Å². The Hall–Kier alpha value is -1.60. The molecule has 2 aromatic rings. The van der Waals surface area contributed by atoms with Crippen molar-refractivity contribution in [3.05, 3.63) is 45.0 Å². The molecule has 0 spiro atoms. The van der Waals surface area contributed by atoms with Gasteiger partial charge in [-0.25, -0.2) is 0 Å².